The van der Waals surface area contributed by atoms with Crippen molar-refractivity contribution in [1.82, 2.24) is 5.32 Å². The van der Waals surface area contributed by atoms with Gasteiger partial charge in [-0.05, 0) is 89.2 Å². The van der Waals surface area contributed by atoms with Crippen molar-refractivity contribution < 1.29 is 14.3 Å². The van der Waals surface area contributed by atoms with Crippen LogP contribution in [0.4, 0.5) is 5.69 Å². The van der Waals surface area contributed by atoms with Crippen molar-refractivity contribution in [2.45, 2.75) is 70.9 Å². The second kappa shape index (κ2) is 7.84. The Balaban J connectivity index is 1.40. The summed E-state index contributed by atoms with van der Waals surface area (Å²) in [6, 6.07) is 5.48. The first-order valence-electron chi connectivity index (χ1n) is 11.0. The number of anilines is 1. The monoisotopic (exact) mass is 386 g/mol. The van der Waals surface area contributed by atoms with E-state index in [0.717, 1.165) is 29.2 Å². The maximum Gasteiger partial charge on any atom is 0.242 e. The Morgan fingerprint density at radius 2 is 1.61 bits per heavy atom. The molecule has 4 aliphatic carbocycles. The molecule has 1 amide bonds. The number of nitrogens with one attached hydrogen (secondary N) is 2. The number of benzene rings is 1. The van der Waals surface area contributed by atoms with Gasteiger partial charge in [-0.1, -0.05) is 0 Å². The van der Waals surface area contributed by atoms with Crippen LogP contribution in [0.1, 0.15) is 59.3 Å². The molecule has 0 radical (unpaired) electrons. The molecule has 0 spiro atoms. The summed E-state index contributed by atoms with van der Waals surface area (Å²) in [7, 11) is 0. The Morgan fingerprint density at radius 3 is 2.18 bits per heavy atom. The largest absolute Gasteiger partial charge is 0.490 e. The van der Waals surface area contributed by atoms with Gasteiger partial charge in [-0.25, -0.2) is 0 Å². The number of ether oxygens (including phenoxy) is 2. The predicted molar refractivity (Wildman–Crippen MR) is 111 cm³/mol. The van der Waals surface area contributed by atoms with Gasteiger partial charge in [0.25, 0.3) is 0 Å². The molecule has 5 nitrogen and oxygen atoms in total. The summed E-state index contributed by atoms with van der Waals surface area (Å²) < 4.78 is 11.3. The number of hydrogen-bond acceptors (Lipinski definition) is 4. The smallest absolute Gasteiger partial charge is 0.242 e. The molecule has 154 valence electrons. The zero-order chi connectivity index (χ0) is 19.7. The van der Waals surface area contributed by atoms with Crippen molar-refractivity contribution in [3.05, 3.63) is 18.2 Å². The molecule has 0 aromatic heterocycles. The molecule has 5 heteroatoms. The molecule has 1 aromatic rings. The lowest BCUT2D eigenvalue weighted by molar-refractivity contribution is -0.127. The van der Waals surface area contributed by atoms with Crippen molar-refractivity contribution in [3.63, 3.8) is 0 Å². The third-order valence-electron chi connectivity index (χ3n) is 6.75. The van der Waals surface area contributed by atoms with Crippen LogP contribution in [-0.2, 0) is 4.79 Å². The molecule has 0 heterocycles. The van der Waals surface area contributed by atoms with Gasteiger partial charge in [-0.3, -0.25) is 4.79 Å². The number of carbonyl (C=O) groups is 1. The lowest BCUT2D eigenvalue weighted by Gasteiger charge is -2.57. The Labute approximate surface area is 168 Å². The highest BCUT2D eigenvalue weighted by Gasteiger charge is 2.51. The van der Waals surface area contributed by atoms with E-state index in [1.54, 1.807) is 0 Å². The molecular weight excluding hydrogens is 352 g/mol. The van der Waals surface area contributed by atoms with Gasteiger partial charge >= 0.3 is 0 Å². The maximum atomic E-state index is 13.0. The van der Waals surface area contributed by atoms with Gasteiger partial charge in [-0.2, -0.15) is 0 Å². The molecule has 0 saturated heterocycles. The topological polar surface area (TPSA) is 59.6 Å². The summed E-state index contributed by atoms with van der Waals surface area (Å²) in [6.07, 6.45) is 7.68. The van der Waals surface area contributed by atoms with Gasteiger partial charge in [0, 0.05) is 17.3 Å². The van der Waals surface area contributed by atoms with Crippen LogP contribution in [0.5, 0.6) is 11.5 Å². The summed E-state index contributed by atoms with van der Waals surface area (Å²) in [6.45, 7) is 7.02. The van der Waals surface area contributed by atoms with Crippen molar-refractivity contribution in [3.8, 4) is 11.5 Å². The summed E-state index contributed by atoms with van der Waals surface area (Å²) in [4.78, 5) is 13.0. The van der Waals surface area contributed by atoms with E-state index in [-0.39, 0.29) is 17.5 Å². The minimum Gasteiger partial charge on any atom is -0.490 e. The van der Waals surface area contributed by atoms with Gasteiger partial charge in [-0.15, -0.1) is 0 Å². The third kappa shape index (κ3) is 3.94. The fourth-order valence-electron chi connectivity index (χ4n) is 6.09. The van der Waals surface area contributed by atoms with E-state index in [0.29, 0.717) is 19.0 Å². The quantitative estimate of drug-likeness (QED) is 0.696. The van der Waals surface area contributed by atoms with Crippen LogP contribution >= 0.6 is 0 Å². The first-order chi connectivity index (χ1) is 13.5. The lowest BCUT2D eigenvalue weighted by atomic mass is 9.53. The Bertz CT molecular complexity index is 683. The van der Waals surface area contributed by atoms with E-state index in [2.05, 4.69) is 10.6 Å². The molecule has 1 atom stereocenters. The van der Waals surface area contributed by atoms with E-state index < -0.39 is 0 Å². The highest BCUT2D eigenvalue weighted by Crippen LogP contribution is 2.55. The molecule has 4 bridgehead atoms. The minimum absolute atomic E-state index is 0.0527. The van der Waals surface area contributed by atoms with Crippen LogP contribution in [0, 0.1) is 17.8 Å². The van der Waals surface area contributed by atoms with Gasteiger partial charge in [0.15, 0.2) is 11.5 Å². The fourth-order valence-corrected chi connectivity index (χ4v) is 6.09. The van der Waals surface area contributed by atoms with Gasteiger partial charge < -0.3 is 20.1 Å². The number of carbonyl (C=O) groups excluding carboxylic acids is 1. The van der Waals surface area contributed by atoms with Gasteiger partial charge in [0.05, 0.1) is 13.2 Å². The molecule has 4 fully saturated rings. The van der Waals surface area contributed by atoms with Crippen LogP contribution in [0.3, 0.4) is 0 Å². The molecule has 0 aliphatic heterocycles. The Hall–Kier alpha value is -1.91. The average Bonchev–Trinajstić information content (AvgIpc) is 2.62. The molecule has 28 heavy (non-hydrogen) atoms. The molecule has 2 N–H and O–H groups in total. The van der Waals surface area contributed by atoms with Crippen molar-refractivity contribution in [2.24, 2.45) is 17.8 Å². The van der Waals surface area contributed by atoms with Crippen molar-refractivity contribution >= 4 is 11.6 Å². The molecule has 4 aliphatic rings. The number of amides is 1. The summed E-state index contributed by atoms with van der Waals surface area (Å²) in [5.41, 5.74) is 0.928. The van der Waals surface area contributed by atoms with Crippen LogP contribution in [0.2, 0.25) is 0 Å². The Morgan fingerprint density at radius 1 is 1.04 bits per heavy atom. The third-order valence-corrected chi connectivity index (χ3v) is 6.75. The predicted octanol–water partition coefficient (Wildman–Crippen LogP) is 4.37. The highest BCUT2D eigenvalue weighted by atomic mass is 16.5. The van der Waals surface area contributed by atoms with Crippen LogP contribution < -0.4 is 20.1 Å². The molecule has 0 unspecified atom stereocenters. The van der Waals surface area contributed by atoms with Crippen molar-refractivity contribution in [1.29, 1.82) is 0 Å². The summed E-state index contributed by atoms with van der Waals surface area (Å²) >= 11 is 0. The highest BCUT2D eigenvalue weighted by molar-refractivity contribution is 5.85. The summed E-state index contributed by atoms with van der Waals surface area (Å²) in [5.74, 6) is 4.04. The lowest BCUT2D eigenvalue weighted by Crippen LogP contribution is -2.61. The first-order valence-corrected chi connectivity index (χ1v) is 11.0. The standard InChI is InChI=1S/C23H34N2O3/c1-4-27-20-7-6-19(11-21(20)28-5-2)24-15(3)22(26)25-23-12-16-8-17(13-23)10-18(9-16)14-23/h6-7,11,15-18,24H,4-5,8-10,12-14H2,1-3H3,(H,25,26)/t15-,16?,17?,18?,23?/m0/s1. The molecule has 5 rings (SSSR count). The Kier molecular flexibility index (Phi) is 5.44. The van der Waals surface area contributed by atoms with Crippen LogP contribution in [0.15, 0.2) is 18.2 Å². The zero-order valence-corrected chi connectivity index (χ0v) is 17.4. The second-order valence-electron chi connectivity index (χ2n) is 9.08. The molecule has 1 aromatic carbocycles. The van der Waals surface area contributed by atoms with E-state index in [1.165, 1.54) is 38.5 Å². The average molecular weight is 387 g/mol. The first kappa shape index (κ1) is 19.4. The summed E-state index contributed by atoms with van der Waals surface area (Å²) in [5, 5.41) is 6.80. The van der Waals surface area contributed by atoms with Gasteiger partial charge in [0.2, 0.25) is 5.91 Å². The SMILES string of the molecule is CCOc1ccc(N[C@@H](C)C(=O)NC23CC4CC(CC(C4)C2)C3)cc1OCC. The zero-order valence-electron chi connectivity index (χ0n) is 17.4. The van der Waals surface area contributed by atoms with E-state index in [4.69, 9.17) is 9.47 Å². The molecule has 4 saturated carbocycles. The minimum atomic E-state index is -0.291. The van der Waals surface area contributed by atoms with E-state index in [9.17, 15) is 4.79 Å². The normalized spacial score (nSPS) is 31.3. The van der Waals surface area contributed by atoms with Crippen LogP contribution in [-0.4, -0.2) is 30.7 Å². The van der Waals surface area contributed by atoms with Crippen molar-refractivity contribution in [2.75, 3.05) is 18.5 Å². The maximum absolute atomic E-state index is 13.0. The van der Waals surface area contributed by atoms with E-state index >= 15 is 0 Å². The second-order valence-corrected chi connectivity index (χ2v) is 9.08. The van der Waals surface area contributed by atoms with E-state index in [1.807, 2.05) is 39.0 Å². The number of hydrogen-bond donors (Lipinski definition) is 2. The van der Waals surface area contributed by atoms with Gasteiger partial charge in [0.1, 0.15) is 6.04 Å². The molecular formula is C23H34N2O3. The van der Waals surface area contributed by atoms with Crippen LogP contribution in [0.25, 0.3) is 0 Å². The number of rotatable bonds is 8. The fraction of sp³-hybridized carbons (Fsp3) is 0.696.